The van der Waals surface area contributed by atoms with Crippen molar-refractivity contribution in [2.24, 2.45) is 4.36 Å². The maximum Gasteiger partial charge on any atom is 0.410 e. The largest absolute Gasteiger partial charge is 0.450 e. The lowest BCUT2D eigenvalue weighted by atomic mass is 10.2. The molecule has 4 aromatic rings. The SMILES string of the molecule is CCOC(=O)N=[S-](=O)c1ccc(Nc2ncc(-c3cccs3)c(NCc3ccccn3)n2)cc1. The predicted molar refractivity (Wildman–Crippen MR) is 132 cm³/mol. The van der Waals surface area contributed by atoms with Crippen molar-refractivity contribution in [3.8, 4) is 10.4 Å². The summed E-state index contributed by atoms with van der Waals surface area (Å²) in [5.41, 5.74) is 2.48. The summed E-state index contributed by atoms with van der Waals surface area (Å²) < 4.78 is 20.4. The second-order valence-corrected chi connectivity index (χ2v) is 8.90. The lowest BCUT2D eigenvalue weighted by Gasteiger charge is -2.13. The number of aromatic nitrogens is 3. The minimum Gasteiger partial charge on any atom is -0.450 e. The van der Waals surface area contributed by atoms with Gasteiger partial charge in [0.05, 0.1) is 24.4 Å². The zero-order valence-corrected chi connectivity index (χ0v) is 19.8. The number of hydrogen-bond acceptors (Lipinski definition) is 10. The van der Waals surface area contributed by atoms with Crippen molar-refractivity contribution in [1.29, 1.82) is 0 Å². The standard InChI is InChI=1S/C23H21N6O3S2/c1-2-32-23(30)29-34(31)18-10-8-16(9-11-18)27-22-26-15-19(20-7-5-13-33-20)21(28-22)25-14-17-6-3-4-12-24-17/h3-13,15H,2,14H2,1H3,(H2,25,26,27,28)/q-1. The number of hydrogen-bond donors (Lipinski definition) is 2. The molecule has 0 saturated carbocycles. The fourth-order valence-electron chi connectivity index (χ4n) is 2.92. The third-order valence-electron chi connectivity index (χ3n) is 4.48. The van der Waals surface area contributed by atoms with Crippen LogP contribution in [0.1, 0.15) is 12.6 Å². The Balaban J connectivity index is 1.52. The molecule has 0 radical (unpaired) electrons. The zero-order chi connectivity index (χ0) is 23.8. The van der Waals surface area contributed by atoms with Gasteiger partial charge in [0.2, 0.25) is 5.95 Å². The van der Waals surface area contributed by atoms with Crippen LogP contribution in [0, 0.1) is 0 Å². The van der Waals surface area contributed by atoms with Gasteiger partial charge in [0.1, 0.15) is 5.82 Å². The van der Waals surface area contributed by atoms with Crippen LogP contribution in [0.25, 0.3) is 10.4 Å². The summed E-state index contributed by atoms with van der Waals surface area (Å²) in [7, 11) is -1.84. The molecule has 0 atom stereocenters. The first-order valence-corrected chi connectivity index (χ1v) is 12.3. The lowest BCUT2D eigenvalue weighted by molar-refractivity contribution is 0.164. The lowest BCUT2D eigenvalue weighted by Crippen LogP contribution is -2.07. The van der Waals surface area contributed by atoms with Crippen LogP contribution in [0.3, 0.4) is 0 Å². The first-order chi connectivity index (χ1) is 16.6. The van der Waals surface area contributed by atoms with Gasteiger partial charge >= 0.3 is 6.09 Å². The molecule has 11 heteroatoms. The molecule has 0 aliphatic heterocycles. The molecule has 9 nitrogen and oxygen atoms in total. The Bertz CT molecular complexity index is 1320. The molecule has 34 heavy (non-hydrogen) atoms. The molecule has 0 unspecified atom stereocenters. The zero-order valence-electron chi connectivity index (χ0n) is 18.2. The number of carbonyl (C=O) groups is 1. The molecule has 4 rings (SSSR count). The number of nitrogens with one attached hydrogen (secondary N) is 2. The Morgan fingerprint density at radius 3 is 2.68 bits per heavy atom. The fourth-order valence-corrected chi connectivity index (χ4v) is 4.32. The van der Waals surface area contributed by atoms with Crippen molar-refractivity contribution in [3.63, 3.8) is 0 Å². The number of carbonyl (C=O) groups excluding carboxylic acids is 1. The number of thiophene rings is 1. The van der Waals surface area contributed by atoms with Gasteiger partial charge in [0.25, 0.3) is 0 Å². The van der Waals surface area contributed by atoms with Crippen molar-refractivity contribution >= 4 is 45.5 Å². The monoisotopic (exact) mass is 493 g/mol. The van der Waals surface area contributed by atoms with E-state index in [1.165, 1.54) is 0 Å². The number of pyridine rings is 1. The molecule has 0 spiro atoms. The Labute approximate surface area is 202 Å². The second-order valence-electron chi connectivity index (χ2n) is 6.80. The summed E-state index contributed by atoms with van der Waals surface area (Å²) >= 11 is 1.61. The van der Waals surface area contributed by atoms with Gasteiger partial charge in [0, 0.05) is 23.0 Å². The Morgan fingerprint density at radius 1 is 1.12 bits per heavy atom. The van der Waals surface area contributed by atoms with Gasteiger partial charge < -0.3 is 19.6 Å². The average molecular weight is 494 g/mol. The summed E-state index contributed by atoms with van der Waals surface area (Å²) in [6.45, 7) is 2.35. The van der Waals surface area contributed by atoms with Gasteiger partial charge in [-0.25, -0.2) is 9.78 Å². The highest BCUT2D eigenvalue weighted by Crippen LogP contribution is 2.31. The maximum atomic E-state index is 12.2. The quantitative estimate of drug-likeness (QED) is 0.304. The second kappa shape index (κ2) is 11.3. The number of benzene rings is 1. The van der Waals surface area contributed by atoms with E-state index in [0.717, 1.165) is 16.1 Å². The van der Waals surface area contributed by atoms with Crippen LogP contribution in [-0.2, 0) is 26.1 Å². The van der Waals surface area contributed by atoms with E-state index in [4.69, 9.17) is 4.74 Å². The number of nitrogens with zero attached hydrogens (tertiary/aromatic N) is 4. The van der Waals surface area contributed by atoms with E-state index in [-0.39, 0.29) is 6.61 Å². The Morgan fingerprint density at radius 2 is 1.97 bits per heavy atom. The van der Waals surface area contributed by atoms with E-state index >= 15 is 0 Å². The molecular formula is C23H21N6O3S2-. The molecule has 0 bridgehead atoms. The predicted octanol–water partition coefficient (Wildman–Crippen LogP) is 5.62. The molecule has 3 aromatic heterocycles. The summed E-state index contributed by atoms with van der Waals surface area (Å²) in [6, 6.07) is 16.4. The number of anilines is 3. The third-order valence-corrected chi connectivity index (χ3v) is 6.37. The van der Waals surface area contributed by atoms with Gasteiger partial charge in [-0.05, 0) is 42.6 Å². The van der Waals surface area contributed by atoms with E-state index in [1.807, 2.05) is 35.7 Å². The molecular weight excluding hydrogens is 472 g/mol. The molecule has 0 aliphatic carbocycles. The molecule has 1 amide bonds. The summed E-state index contributed by atoms with van der Waals surface area (Å²) in [5, 5.41) is 8.50. The highest BCUT2D eigenvalue weighted by Gasteiger charge is 2.11. The van der Waals surface area contributed by atoms with E-state index in [2.05, 4.69) is 29.9 Å². The highest BCUT2D eigenvalue weighted by molar-refractivity contribution is 7.75. The molecule has 0 aliphatic rings. The van der Waals surface area contributed by atoms with E-state index < -0.39 is 16.7 Å². The van der Waals surface area contributed by atoms with Crippen molar-refractivity contribution in [3.05, 3.63) is 78.1 Å². The smallest absolute Gasteiger partial charge is 0.410 e. The van der Waals surface area contributed by atoms with E-state index in [1.54, 1.807) is 54.9 Å². The third kappa shape index (κ3) is 6.15. The maximum absolute atomic E-state index is 12.2. The van der Waals surface area contributed by atoms with Crippen molar-refractivity contribution in [2.45, 2.75) is 18.4 Å². The molecule has 0 saturated heterocycles. The normalized spacial score (nSPS) is 11.7. The summed E-state index contributed by atoms with van der Waals surface area (Å²) in [4.78, 5) is 26.3. The van der Waals surface area contributed by atoms with E-state index in [0.29, 0.717) is 28.9 Å². The van der Waals surface area contributed by atoms with Crippen molar-refractivity contribution in [1.82, 2.24) is 15.0 Å². The Hall–Kier alpha value is -3.83. The van der Waals surface area contributed by atoms with Gasteiger partial charge in [-0.2, -0.15) is 4.98 Å². The van der Waals surface area contributed by atoms with Gasteiger partial charge in [-0.3, -0.25) is 9.35 Å². The summed E-state index contributed by atoms with van der Waals surface area (Å²) in [5.74, 6) is 1.07. The molecule has 3 heterocycles. The van der Waals surface area contributed by atoms with Crippen molar-refractivity contribution in [2.75, 3.05) is 17.2 Å². The van der Waals surface area contributed by atoms with Crippen LogP contribution in [0.4, 0.5) is 22.2 Å². The molecule has 2 N–H and O–H groups in total. The highest BCUT2D eigenvalue weighted by atomic mass is 32.2. The number of ether oxygens (including phenoxy) is 1. The van der Waals surface area contributed by atoms with Gasteiger partial charge in [-0.1, -0.05) is 29.2 Å². The van der Waals surface area contributed by atoms with E-state index in [9.17, 15) is 9.00 Å². The molecule has 1 aromatic carbocycles. The van der Waals surface area contributed by atoms with Crippen LogP contribution >= 0.6 is 11.3 Å². The first-order valence-electron chi connectivity index (χ1n) is 10.3. The van der Waals surface area contributed by atoms with Crippen LogP contribution in [-0.4, -0.2) is 27.7 Å². The van der Waals surface area contributed by atoms with Gasteiger partial charge in [-0.15, -0.1) is 21.9 Å². The van der Waals surface area contributed by atoms with Crippen LogP contribution in [0.15, 0.2) is 81.6 Å². The number of amides is 1. The summed E-state index contributed by atoms with van der Waals surface area (Å²) in [6.07, 6.45) is 2.66. The molecule has 174 valence electrons. The fraction of sp³-hybridized carbons (Fsp3) is 0.130. The molecule has 0 fully saturated rings. The average Bonchev–Trinajstić information content (AvgIpc) is 3.39. The first kappa shape index (κ1) is 23.3. The topological polar surface area (TPSA) is 118 Å². The van der Waals surface area contributed by atoms with Crippen molar-refractivity contribution < 1.29 is 13.7 Å². The minimum absolute atomic E-state index is 0.173. The minimum atomic E-state index is -1.84. The van der Waals surface area contributed by atoms with Crippen LogP contribution < -0.4 is 10.6 Å². The Kier molecular flexibility index (Phi) is 7.79. The number of rotatable bonds is 8. The van der Waals surface area contributed by atoms with Crippen LogP contribution in [0.2, 0.25) is 0 Å². The van der Waals surface area contributed by atoms with Gasteiger partial charge in [0.15, 0.2) is 0 Å². The van der Waals surface area contributed by atoms with Crippen LogP contribution in [0.5, 0.6) is 0 Å².